The van der Waals surface area contributed by atoms with Gasteiger partial charge in [0.2, 0.25) is 0 Å². The Bertz CT molecular complexity index is 501. The highest BCUT2D eigenvalue weighted by Crippen LogP contribution is 2.65. The van der Waals surface area contributed by atoms with Crippen molar-refractivity contribution in [3.63, 3.8) is 0 Å². The van der Waals surface area contributed by atoms with Crippen LogP contribution in [0.15, 0.2) is 24.3 Å². The highest BCUT2D eigenvalue weighted by molar-refractivity contribution is 6.05. The van der Waals surface area contributed by atoms with Crippen LogP contribution in [0.2, 0.25) is 0 Å². The standard InChI is InChI=1S/C18H26O3/c1-6-8-12(16(20)21-7-2)11-13-14-9-10-18(5,15(13)19)17(14,3)4/h6,11-12,14H,1,7-10H2,2-5H3/b13-11-/t12-,14-,18-/m1/s1. The second-order valence-corrected chi connectivity index (χ2v) is 6.98. The predicted octanol–water partition coefficient (Wildman–Crippen LogP) is 3.69. The molecule has 0 aromatic carbocycles. The van der Waals surface area contributed by atoms with Crippen LogP contribution in [0.5, 0.6) is 0 Å². The number of hydrogen-bond acceptors (Lipinski definition) is 3. The van der Waals surface area contributed by atoms with E-state index >= 15 is 0 Å². The smallest absolute Gasteiger partial charge is 0.313 e. The summed E-state index contributed by atoms with van der Waals surface area (Å²) in [6.07, 6.45) is 6.07. The van der Waals surface area contributed by atoms with Crippen LogP contribution < -0.4 is 0 Å². The Morgan fingerprint density at radius 2 is 2.14 bits per heavy atom. The molecule has 0 aromatic rings. The summed E-state index contributed by atoms with van der Waals surface area (Å²) in [6, 6.07) is 0. The summed E-state index contributed by atoms with van der Waals surface area (Å²) < 4.78 is 5.12. The third-order valence-electron chi connectivity index (χ3n) is 5.76. The van der Waals surface area contributed by atoms with Gasteiger partial charge < -0.3 is 4.74 Å². The van der Waals surface area contributed by atoms with Gasteiger partial charge >= 0.3 is 5.97 Å². The van der Waals surface area contributed by atoms with Crippen molar-refractivity contribution in [3.8, 4) is 0 Å². The zero-order valence-corrected chi connectivity index (χ0v) is 13.6. The van der Waals surface area contributed by atoms with Crippen LogP contribution in [-0.2, 0) is 14.3 Å². The summed E-state index contributed by atoms with van der Waals surface area (Å²) in [6.45, 7) is 12.3. The first-order chi connectivity index (χ1) is 9.79. The Labute approximate surface area is 127 Å². The topological polar surface area (TPSA) is 43.4 Å². The maximum Gasteiger partial charge on any atom is 0.313 e. The number of carbonyl (C=O) groups excluding carboxylic acids is 2. The molecule has 3 heteroatoms. The van der Waals surface area contributed by atoms with E-state index in [0.717, 1.165) is 18.4 Å². The lowest BCUT2D eigenvalue weighted by atomic mass is 9.70. The van der Waals surface area contributed by atoms with E-state index in [1.807, 2.05) is 6.08 Å². The van der Waals surface area contributed by atoms with Gasteiger partial charge in [-0.05, 0) is 43.1 Å². The average Bonchev–Trinajstić information content (AvgIpc) is 2.72. The number of carbonyl (C=O) groups is 2. The quantitative estimate of drug-likeness (QED) is 0.440. The summed E-state index contributed by atoms with van der Waals surface area (Å²) in [5, 5.41) is 0. The van der Waals surface area contributed by atoms with Crippen LogP contribution in [0, 0.1) is 22.7 Å². The lowest BCUT2D eigenvalue weighted by Gasteiger charge is -2.31. The first kappa shape index (κ1) is 16.0. The molecule has 3 atom stereocenters. The molecule has 2 aliphatic rings. The second kappa shape index (κ2) is 5.43. The van der Waals surface area contributed by atoms with Gasteiger partial charge in [0.05, 0.1) is 12.5 Å². The Hall–Kier alpha value is -1.38. The molecule has 0 heterocycles. The van der Waals surface area contributed by atoms with Crippen molar-refractivity contribution in [1.29, 1.82) is 0 Å². The molecule has 0 spiro atoms. The number of esters is 1. The maximum atomic E-state index is 12.8. The normalized spacial score (nSPS) is 33.2. The SMILES string of the molecule is C=CC[C@H](/C=C1\C(=O)[C@@]2(C)CC[C@H]1C2(C)C)C(=O)OCC. The van der Waals surface area contributed by atoms with Gasteiger partial charge in [-0.25, -0.2) is 0 Å². The molecule has 116 valence electrons. The van der Waals surface area contributed by atoms with Gasteiger partial charge in [0.25, 0.3) is 0 Å². The van der Waals surface area contributed by atoms with Gasteiger partial charge in [0.1, 0.15) is 0 Å². The molecular weight excluding hydrogens is 264 g/mol. The molecule has 0 aliphatic heterocycles. The molecule has 0 aromatic heterocycles. The maximum absolute atomic E-state index is 12.8. The molecule has 0 radical (unpaired) electrons. The molecular formula is C18H26O3. The fourth-order valence-electron chi connectivity index (χ4n) is 4.00. The van der Waals surface area contributed by atoms with Crippen LogP contribution in [0.3, 0.4) is 0 Å². The van der Waals surface area contributed by atoms with Crippen LogP contribution >= 0.6 is 0 Å². The molecule has 2 bridgehead atoms. The van der Waals surface area contributed by atoms with Crippen LogP contribution in [0.4, 0.5) is 0 Å². The van der Waals surface area contributed by atoms with Crippen molar-refractivity contribution in [3.05, 3.63) is 24.3 Å². The molecule has 2 aliphatic carbocycles. The molecule has 0 amide bonds. The minimum Gasteiger partial charge on any atom is -0.466 e. The number of allylic oxidation sites excluding steroid dienone is 2. The van der Waals surface area contributed by atoms with Crippen LogP contribution in [-0.4, -0.2) is 18.4 Å². The zero-order chi connectivity index (χ0) is 15.8. The number of rotatable bonds is 5. The molecule has 2 saturated carbocycles. The number of Topliss-reactive ketones (excluding diaryl/α,β-unsaturated/α-hetero) is 1. The van der Waals surface area contributed by atoms with Gasteiger partial charge in [0, 0.05) is 5.41 Å². The van der Waals surface area contributed by atoms with Crippen molar-refractivity contribution < 1.29 is 14.3 Å². The predicted molar refractivity (Wildman–Crippen MR) is 82.6 cm³/mol. The Balaban J connectivity index is 2.34. The first-order valence-electron chi connectivity index (χ1n) is 7.83. The largest absolute Gasteiger partial charge is 0.466 e. The molecule has 2 fully saturated rings. The fraction of sp³-hybridized carbons (Fsp3) is 0.667. The van der Waals surface area contributed by atoms with E-state index in [1.165, 1.54) is 0 Å². The number of hydrogen-bond donors (Lipinski definition) is 0. The minimum atomic E-state index is -0.389. The van der Waals surface area contributed by atoms with Gasteiger partial charge in [-0.1, -0.05) is 32.9 Å². The molecule has 0 unspecified atom stereocenters. The van der Waals surface area contributed by atoms with Gasteiger partial charge in [-0.15, -0.1) is 6.58 Å². The van der Waals surface area contributed by atoms with Crippen LogP contribution in [0.25, 0.3) is 0 Å². The number of ketones is 1. The van der Waals surface area contributed by atoms with Gasteiger partial charge in [-0.3, -0.25) is 9.59 Å². The highest BCUT2D eigenvalue weighted by atomic mass is 16.5. The second-order valence-electron chi connectivity index (χ2n) is 6.98. The van der Waals surface area contributed by atoms with Crippen LogP contribution in [0.1, 0.15) is 47.0 Å². The number of ether oxygens (including phenoxy) is 1. The number of fused-ring (bicyclic) bond motifs is 2. The summed E-state index contributed by atoms with van der Waals surface area (Å²) in [5.74, 6) is -0.164. The van der Waals surface area contributed by atoms with E-state index in [0.29, 0.717) is 13.0 Å². The molecule has 3 nitrogen and oxygen atoms in total. The molecule has 2 rings (SSSR count). The van der Waals surface area contributed by atoms with Crippen molar-refractivity contribution in [2.45, 2.75) is 47.0 Å². The molecule has 0 N–H and O–H groups in total. The Kier molecular flexibility index (Phi) is 4.14. The third kappa shape index (κ3) is 2.27. The van der Waals surface area contributed by atoms with Crippen molar-refractivity contribution in [2.24, 2.45) is 22.7 Å². The summed E-state index contributed by atoms with van der Waals surface area (Å²) in [7, 11) is 0. The Morgan fingerprint density at radius 1 is 1.48 bits per heavy atom. The third-order valence-corrected chi connectivity index (χ3v) is 5.76. The Morgan fingerprint density at radius 3 is 2.62 bits per heavy atom. The van der Waals surface area contributed by atoms with E-state index in [9.17, 15) is 9.59 Å². The summed E-state index contributed by atoms with van der Waals surface area (Å²) >= 11 is 0. The van der Waals surface area contributed by atoms with Crippen molar-refractivity contribution in [1.82, 2.24) is 0 Å². The van der Waals surface area contributed by atoms with E-state index in [2.05, 4.69) is 27.4 Å². The lowest BCUT2D eigenvalue weighted by Crippen LogP contribution is -2.32. The van der Waals surface area contributed by atoms with E-state index in [-0.39, 0.29) is 34.4 Å². The van der Waals surface area contributed by atoms with E-state index < -0.39 is 0 Å². The van der Waals surface area contributed by atoms with E-state index in [4.69, 9.17) is 4.74 Å². The lowest BCUT2D eigenvalue weighted by molar-refractivity contribution is -0.146. The van der Waals surface area contributed by atoms with Gasteiger partial charge in [-0.2, -0.15) is 0 Å². The monoisotopic (exact) mass is 290 g/mol. The van der Waals surface area contributed by atoms with Crippen molar-refractivity contribution >= 4 is 11.8 Å². The highest BCUT2D eigenvalue weighted by Gasteiger charge is 2.63. The van der Waals surface area contributed by atoms with Crippen molar-refractivity contribution in [2.75, 3.05) is 6.61 Å². The minimum absolute atomic E-state index is 0.0245. The summed E-state index contributed by atoms with van der Waals surface area (Å²) in [4.78, 5) is 24.8. The molecule has 0 saturated heterocycles. The first-order valence-corrected chi connectivity index (χ1v) is 7.83. The average molecular weight is 290 g/mol. The fourth-order valence-corrected chi connectivity index (χ4v) is 4.00. The summed E-state index contributed by atoms with van der Waals surface area (Å²) in [5.41, 5.74) is 0.536. The molecule has 21 heavy (non-hydrogen) atoms. The van der Waals surface area contributed by atoms with E-state index in [1.54, 1.807) is 13.0 Å². The van der Waals surface area contributed by atoms with Gasteiger partial charge in [0.15, 0.2) is 5.78 Å². The zero-order valence-electron chi connectivity index (χ0n) is 13.6.